The largest absolute Gasteiger partial charge is 0.396 e. The van der Waals surface area contributed by atoms with Crippen LogP contribution in [0.2, 0.25) is 0 Å². The fourth-order valence-electron chi connectivity index (χ4n) is 0. The topological polar surface area (TPSA) is 110 Å². The number of aliphatic hydroxyl groups is 2. The number of aliphatic hydroxyl groups excluding tert-OH is 2. The van der Waals surface area contributed by atoms with Gasteiger partial charge in [-0.1, -0.05) is 13.8 Å². The lowest BCUT2D eigenvalue weighted by molar-refractivity contribution is 0.294. The van der Waals surface area contributed by atoms with E-state index >= 15 is 0 Å². The van der Waals surface area contributed by atoms with Crippen LogP contribution in [0.4, 0.5) is 0 Å². The van der Waals surface area contributed by atoms with Crippen LogP contribution in [0.25, 0.3) is 0 Å². The van der Waals surface area contributed by atoms with Crippen molar-refractivity contribution >= 4 is 0 Å². The molecule has 0 fully saturated rings. The van der Waals surface area contributed by atoms with E-state index in [9.17, 15) is 0 Å². The third-order valence-corrected chi connectivity index (χ3v) is 0.447. The standard InChI is InChI=1S/2C3H8O.2H3N/c2*1-2-3-4;;/h2*4H,2-3H2,1H3;2*1H3. The van der Waals surface area contributed by atoms with E-state index in [-0.39, 0.29) is 12.3 Å². The number of rotatable bonds is 2. The summed E-state index contributed by atoms with van der Waals surface area (Å²) in [7, 11) is 0. The summed E-state index contributed by atoms with van der Waals surface area (Å²) < 4.78 is 0. The fourth-order valence-corrected chi connectivity index (χ4v) is 0. The summed E-state index contributed by atoms with van der Waals surface area (Å²) >= 11 is 0. The first-order valence-electron chi connectivity index (χ1n) is 3.05. The Morgan fingerprint density at radius 3 is 0.900 bits per heavy atom. The van der Waals surface area contributed by atoms with Gasteiger partial charge in [0.05, 0.1) is 0 Å². The lowest BCUT2D eigenvalue weighted by Gasteiger charge is -1.69. The molecule has 0 heterocycles. The normalized spacial score (nSPS) is 6.00. The van der Waals surface area contributed by atoms with Gasteiger partial charge in [-0.15, -0.1) is 0 Å². The second kappa shape index (κ2) is 36.8. The van der Waals surface area contributed by atoms with E-state index in [2.05, 4.69) is 0 Å². The molecule has 0 aromatic heterocycles. The summed E-state index contributed by atoms with van der Waals surface area (Å²) in [6, 6.07) is 0. The molecule has 0 spiro atoms. The Kier molecular flexibility index (Phi) is 83.1. The van der Waals surface area contributed by atoms with Crippen LogP contribution >= 0.6 is 0 Å². The molecule has 0 saturated carbocycles. The molecule has 0 aromatic carbocycles. The van der Waals surface area contributed by atoms with E-state index in [0.717, 1.165) is 12.8 Å². The maximum Gasteiger partial charge on any atom is 0.0428 e. The van der Waals surface area contributed by atoms with E-state index < -0.39 is 0 Å². The van der Waals surface area contributed by atoms with Crippen molar-refractivity contribution in [2.75, 3.05) is 13.2 Å². The van der Waals surface area contributed by atoms with Gasteiger partial charge in [0, 0.05) is 13.2 Å². The molecule has 0 rings (SSSR count). The van der Waals surface area contributed by atoms with Crippen LogP contribution in [-0.2, 0) is 0 Å². The van der Waals surface area contributed by atoms with Crippen LogP contribution in [0.1, 0.15) is 26.7 Å². The molecule has 68 valence electrons. The summed E-state index contributed by atoms with van der Waals surface area (Å²) in [4.78, 5) is 0. The molecule has 0 aliphatic heterocycles. The molecule has 0 aliphatic carbocycles. The molecule has 0 unspecified atom stereocenters. The molecule has 0 bridgehead atoms. The van der Waals surface area contributed by atoms with E-state index in [1.54, 1.807) is 0 Å². The Labute approximate surface area is 63.4 Å². The van der Waals surface area contributed by atoms with Gasteiger partial charge in [-0.3, -0.25) is 0 Å². The van der Waals surface area contributed by atoms with Gasteiger partial charge >= 0.3 is 0 Å². The Morgan fingerprint density at radius 1 is 0.800 bits per heavy atom. The lowest BCUT2D eigenvalue weighted by atomic mass is 10.5. The van der Waals surface area contributed by atoms with Crippen molar-refractivity contribution in [3.05, 3.63) is 0 Å². The van der Waals surface area contributed by atoms with E-state index in [0.29, 0.717) is 13.2 Å². The van der Waals surface area contributed by atoms with E-state index in [4.69, 9.17) is 10.2 Å². The van der Waals surface area contributed by atoms with Gasteiger partial charge in [0.2, 0.25) is 0 Å². The first-order valence-corrected chi connectivity index (χ1v) is 3.05. The zero-order chi connectivity index (χ0) is 6.83. The highest BCUT2D eigenvalue weighted by molar-refractivity contribution is 4.10. The third-order valence-electron chi connectivity index (χ3n) is 0.447. The number of hydrogen-bond acceptors (Lipinski definition) is 4. The first kappa shape index (κ1) is 22.5. The van der Waals surface area contributed by atoms with Crippen LogP contribution < -0.4 is 12.3 Å². The van der Waals surface area contributed by atoms with Crippen LogP contribution in [0, 0.1) is 0 Å². The molecular formula is C6H22N2O2. The van der Waals surface area contributed by atoms with E-state index in [1.165, 1.54) is 0 Å². The maximum atomic E-state index is 7.88. The summed E-state index contributed by atoms with van der Waals surface area (Å²) in [5.41, 5.74) is 0. The average molecular weight is 154 g/mol. The second-order valence-electron chi connectivity index (χ2n) is 1.45. The predicted molar refractivity (Wildman–Crippen MR) is 44.8 cm³/mol. The Hall–Kier alpha value is -0.160. The van der Waals surface area contributed by atoms with Gasteiger partial charge in [-0.2, -0.15) is 0 Å². The molecule has 0 amide bonds. The zero-order valence-electron chi connectivity index (χ0n) is 7.14. The van der Waals surface area contributed by atoms with Crippen LogP contribution in [0.3, 0.4) is 0 Å². The number of hydrogen-bond donors (Lipinski definition) is 4. The minimum absolute atomic E-state index is 0. The average Bonchev–Trinajstić information content (AvgIpc) is 1.88. The molecular weight excluding hydrogens is 132 g/mol. The predicted octanol–water partition coefficient (Wildman–Crippen LogP) is 1.10. The Bertz CT molecular complexity index is 21.7. The molecule has 10 heavy (non-hydrogen) atoms. The minimum atomic E-state index is 0. The van der Waals surface area contributed by atoms with Gasteiger partial charge < -0.3 is 22.5 Å². The van der Waals surface area contributed by atoms with E-state index in [1.807, 2.05) is 13.8 Å². The van der Waals surface area contributed by atoms with Crippen molar-refractivity contribution in [2.45, 2.75) is 26.7 Å². The first-order chi connectivity index (χ1) is 3.83. The van der Waals surface area contributed by atoms with Crippen molar-refractivity contribution < 1.29 is 10.2 Å². The summed E-state index contributed by atoms with van der Waals surface area (Å²) in [5.74, 6) is 0. The van der Waals surface area contributed by atoms with Crippen molar-refractivity contribution in [3.63, 3.8) is 0 Å². The smallest absolute Gasteiger partial charge is 0.0428 e. The molecule has 4 nitrogen and oxygen atoms in total. The van der Waals surface area contributed by atoms with Gasteiger partial charge in [0.15, 0.2) is 0 Å². The molecule has 0 aromatic rings. The van der Waals surface area contributed by atoms with Gasteiger partial charge in [-0.25, -0.2) is 0 Å². The zero-order valence-corrected chi connectivity index (χ0v) is 7.14. The highest BCUT2D eigenvalue weighted by Crippen LogP contribution is 1.61. The van der Waals surface area contributed by atoms with Gasteiger partial charge in [-0.05, 0) is 12.8 Å². The van der Waals surface area contributed by atoms with Crippen LogP contribution in [0.5, 0.6) is 0 Å². The SMILES string of the molecule is CCCO.CCCO.N.N. The van der Waals surface area contributed by atoms with Gasteiger partial charge in [0.25, 0.3) is 0 Å². The molecule has 0 radical (unpaired) electrons. The molecule has 0 atom stereocenters. The summed E-state index contributed by atoms with van der Waals surface area (Å²) in [6.07, 6.45) is 1.75. The highest BCUT2D eigenvalue weighted by atomic mass is 16.3. The van der Waals surface area contributed by atoms with Crippen LogP contribution in [-0.4, -0.2) is 23.4 Å². The monoisotopic (exact) mass is 154 g/mol. The second-order valence-corrected chi connectivity index (χ2v) is 1.45. The quantitative estimate of drug-likeness (QED) is 0.477. The molecule has 4 heteroatoms. The summed E-state index contributed by atoms with van der Waals surface area (Å²) in [5, 5.41) is 15.8. The third kappa shape index (κ3) is 108. The van der Waals surface area contributed by atoms with Crippen molar-refractivity contribution in [2.24, 2.45) is 0 Å². The molecule has 0 aliphatic rings. The lowest BCUT2D eigenvalue weighted by Crippen LogP contribution is -1.69. The Balaban J connectivity index is -0.0000000300. The minimum Gasteiger partial charge on any atom is -0.396 e. The van der Waals surface area contributed by atoms with Crippen molar-refractivity contribution in [1.29, 1.82) is 0 Å². The fraction of sp³-hybridized carbons (Fsp3) is 1.00. The van der Waals surface area contributed by atoms with Gasteiger partial charge in [0.1, 0.15) is 0 Å². The molecule has 8 N–H and O–H groups in total. The van der Waals surface area contributed by atoms with Crippen molar-refractivity contribution in [3.8, 4) is 0 Å². The summed E-state index contributed by atoms with van der Waals surface area (Å²) in [6.45, 7) is 4.50. The highest BCUT2D eigenvalue weighted by Gasteiger charge is 1.57. The van der Waals surface area contributed by atoms with Crippen LogP contribution in [0.15, 0.2) is 0 Å². The Morgan fingerprint density at radius 2 is 0.900 bits per heavy atom. The molecule has 0 saturated heterocycles. The van der Waals surface area contributed by atoms with Crippen molar-refractivity contribution in [1.82, 2.24) is 12.3 Å². The maximum absolute atomic E-state index is 7.88.